The highest BCUT2D eigenvalue weighted by Gasteiger charge is 2.25. The summed E-state index contributed by atoms with van der Waals surface area (Å²) in [5.41, 5.74) is 2.22. The third kappa shape index (κ3) is 5.45. The summed E-state index contributed by atoms with van der Waals surface area (Å²) in [5, 5.41) is 0. The number of hydrogen-bond acceptors (Lipinski definition) is 3. The van der Waals surface area contributed by atoms with Crippen molar-refractivity contribution in [1.29, 1.82) is 0 Å². The van der Waals surface area contributed by atoms with Crippen molar-refractivity contribution in [2.75, 3.05) is 31.1 Å². The van der Waals surface area contributed by atoms with Crippen LogP contribution >= 0.6 is 0 Å². The van der Waals surface area contributed by atoms with Crippen LogP contribution in [0, 0.1) is 0 Å². The normalized spacial score (nSPS) is 15.7. The average Bonchev–Trinajstić information content (AvgIpc) is 2.52. The number of unbranched alkanes of at least 4 members (excludes halogenated alkanes) is 1. The van der Waals surface area contributed by atoms with E-state index in [1.165, 1.54) is 24.1 Å². The summed E-state index contributed by atoms with van der Waals surface area (Å²) in [6.45, 7) is 11.1. The third-order valence-electron chi connectivity index (χ3n) is 4.05. The molecule has 23 heavy (non-hydrogen) atoms. The second-order valence-electron chi connectivity index (χ2n) is 7.22. The molecule has 0 N–H and O–H groups in total. The van der Waals surface area contributed by atoms with Crippen molar-refractivity contribution < 1.29 is 9.53 Å². The molecule has 0 saturated carbocycles. The van der Waals surface area contributed by atoms with E-state index in [0.29, 0.717) is 13.1 Å². The highest BCUT2D eigenvalue weighted by atomic mass is 16.6. The fourth-order valence-corrected chi connectivity index (χ4v) is 2.73. The van der Waals surface area contributed by atoms with Crippen molar-refractivity contribution >= 4 is 11.8 Å². The first kappa shape index (κ1) is 17.6. The van der Waals surface area contributed by atoms with Crippen LogP contribution in [0.2, 0.25) is 0 Å². The number of rotatable bonds is 4. The van der Waals surface area contributed by atoms with Gasteiger partial charge in [0.1, 0.15) is 5.60 Å². The molecule has 0 bridgehead atoms. The molecular formula is C19H30N2O2. The lowest BCUT2D eigenvalue weighted by Crippen LogP contribution is -2.50. The van der Waals surface area contributed by atoms with Crippen molar-refractivity contribution in [2.45, 2.75) is 52.6 Å². The van der Waals surface area contributed by atoms with Gasteiger partial charge in [-0.3, -0.25) is 0 Å². The Balaban J connectivity index is 1.85. The molecule has 1 aromatic carbocycles. The first-order chi connectivity index (χ1) is 10.9. The Morgan fingerprint density at radius 1 is 1.09 bits per heavy atom. The van der Waals surface area contributed by atoms with E-state index in [1.807, 2.05) is 20.8 Å². The van der Waals surface area contributed by atoms with Gasteiger partial charge in [0, 0.05) is 31.9 Å². The summed E-state index contributed by atoms with van der Waals surface area (Å²) in [6.07, 6.45) is 3.43. The highest BCUT2D eigenvalue weighted by molar-refractivity contribution is 5.68. The molecule has 0 atom stereocenters. The second-order valence-corrected chi connectivity index (χ2v) is 7.22. The predicted octanol–water partition coefficient (Wildman–Crippen LogP) is 4.09. The summed E-state index contributed by atoms with van der Waals surface area (Å²) in [5.74, 6) is 0. The number of anilines is 1. The monoisotopic (exact) mass is 318 g/mol. The fourth-order valence-electron chi connectivity index (χ4n) is 2.73. The number of ether oxygens (including phenoxy) is 1. The van der Waals surface area contributed by atoms with Crippen molar-refractivity contribution in [3.63, 3.8) is 0 Å². The largest absolute Gasteiger partial charge is 0.444 e. The van der Waals surface area contributed by atoms with Crippen LogP contribution in [0.5, 0.6) is 0 Å². The van der Waals surface area contributed by atoms with Crippen molar-refractivity contribution in [3.05, 3.63) is 29.8 Å². The minimum atomic E-state index is -0.428. The van der Waals surface area contributed by atoms with Gasteiger partial charge in [0.05, 0.1) is 0 Å². The van der Waals surface area contributed by atoms with E-state index in [-0.39, 0.29) is 6.09 Å². The van der Waals surface area contributed by atoms with Crippen LogP contribution in [-0.2, 0) is 11.2 Å². The van der Waals surface area contributed by atoms with Crippen LogP contribution in [-0.4, -0.2) is 42.8 Å². The molecule has 0 aromatic heterocycles. The van der Waals surface area contributed by atoms with E-state index in [2.05, 4.69) is 36.1 Å². The number of carbonyl (C=O) groups is 1. The molecule has 0 unspecified atom stereocenters. The van der Waals surface area contributed by atoms with Gasteiger partial charge in [-0.2, -0.15) is 0 Å². The summed E-state index contributed by atoms with van der Waals surface area (Å²) < 4.78 is 5.44. The Labute approximate surface area is 140 Å². The lowest BCUT2D eigenvalue weighted by atomic mass is 10.1. The molecule has 2 rings (SSSR count). The van der Waals surface area contributed by atoms with Crippen LogP contribution in [0.25, 0.3) is 0 Å². The molecule has 0 spiro atoms. The second kappa shape index (κ2) is 7.71. The maximum atomic E-state index is 12.1. The fraction of sp³-hybridized carbons (Fsp3) is 0.632. The number of hydrogen-bond donors (Lipinski definition) is 0. The summed E-state index contributed by atoms with van der Waals surface area (Å²) in [4.78, 5) is 16.2. The zero-order chi connectivity index (χ0) is 16.9. The van der Waals surface area contributed by atoms with E-state index in [0.717, 1.165) is 19.5 Å². The highest BCUT2D eigenvalue weighted by Crippen LogP contribution is 2.19. The molecule has 0 aliphatic carbocycles. The number of benzene rings is 1. The standard InChI is InChI=1S/C19H30N2O2/c1-5-6-7-16-8-10-17(11-9-16)20-12-14-21(15-13-20)18(22)23-19(2,3)4/h8-11H,5-7,12-15H2,1-4H3. The van der Waals surface area contributed by atoms with Gasteiger partial charge in [-0.1, -0.05) is 25.5 Å². The number of nitrogens with zero attached hydrogens (tertiary/aromatic N) is 2. The molecular weight excluding hydrogens is 288 g/mol. The molecule has 128 valence electrons. The van der Waals surface area contributed by atoms with Gasteiger partial charge in [0.25, 0.3) is 0 Å². The number of piperazine rings is 1. The van der Waals surface area contributed by atoms with Crippen molar-refractivity contribution in [2.24, 2.45) is 0 Å². The smallest absolute Gasteiger partial charge is 0.410 e. The molecule has 1 amide bonds. The van der Waals surface area contributed by atoms with Crippen LogP contribution < -0.4 is 4.90 Å². The van der Waals surface area contributed by atoms with E-state index in [9.17, 15) is 4.79 Å². The topological polar surface area (TPSA) is 32.8 Å². The van der Waals surface area contributed by atoms with Crippen molar-refractivity contribution in [3.8, 4) is 0 Å². The molecule has 4 heteroatoms. The minimum absolute atomic E-state index is 0.202. The predicted molar refractivity (Wildman–Crippen MR) is 95.1 cm³/mol. The average molecular weight is 318 g/mol. The zero-order valence-electron chi connectivity index (χ0n) is 15.0. The van der Waals surface area contributed by atoms with E-state index >= 15 is 0 Å². The van der Waals surface area contributed by atoms with Gasteiger partial charge in [-0.25, -0.2) is 4.79 Å². The Morgan fingerprint density at radius 2 is 1.70 bits per heavy atom. The van der Waals surface area contributed by atoms with Gasteiger partial charge < -0.3 is 14.5 Å². The Kier molecular flexibility index (Phi) is 5.91. The zero-order valence-corrected chi connectivity index (χ0v) is 15.0. The number of aryl methyl sites for hydroxylation is 1. The van der Waals surface area contributed by atoms with Gasteiger partial charge in [0.2, 0.25) is 0 Å². The van der Waals surface area contributed by atoms with Crippen LogP contribution in [0.15, 0.2) is 24.3 Å². The molecule has 1 aromatic rings. The summed E-state index contributed by atoms with van der Waals surface area (Å²) in [7, 11) is 0. The molecule has 1 heterocycles. The molecule has 1 aliphatic heterocycles. The number of amides is 1. The minimum Gasteiger partial charge on any atom is -0.444 e. The van der Waals surface area contributed by atoms with Crippen LogP contribution in [0.3, 0.4) is 0 Å². The first-order valence-corrected chi connectivity index (χ1v) is 8.71. The maximum Gasteiger partial charge on any atom is 0.410 e. The van der Waals surface area contributed by atoms with Gasteiger partial charge in [-0.15, -0.1) is 0 Å². The lowest BCUT2D eigenvalue weighted by molar-refractivity contribution is 0.0240. The third-order valence-corrected chi connectivity index (χ3v) is 4.05. The van der Waals surface area contributed by atoms with Crippen LogP contribution in [0.4, 0.5) is 10.5 Å². The molecule has 0 radical (unpaired) electrons. The molecule has 4 nitrogen and oxygen atoms in total. The summed E-state index contributed by atoms with van der Waals surface area (Å²) >= 11 is 0. The Bertz CT molecular complexity index is 497. The SMILES string of the molecule is CCCCc1ccc(N2CCN(C(=O)OC(C)(C)C)CC2)cc1. The van der Waals surface area contributed by atoms with Gasteiger partial charge in [-0.05, 0) is 51.3 Å². The molecule has 1 saturated heterocycles. The van der Waals surface area contributed by atoms with E-state index < -0.39 is 5.60 Å². The first-order valence-electron chi connectivity index (χ1n) is 8.71. The van der Waals surface area contributed by atoms with E-state index in [4.69, 9.17) is 4.74 Å². The van der Waals surface area contributed by atoms with Gasteiger partial charge >= 0.3 is 6.09 Å². The van der Waals surface area contributed by atoms with Crippen molar-refractivity contribution in [1.82, 2.24) is 4.90 Å². The lowest BCUT2D eigenvalue weighted by Gasteiger charge is -2.36. The molecule has 1 aliphatic rings. The van der Waals surface area contributed by atoms with Gasteiger partial charge in [0.15, 0.2) is 0 Å². The quantitative estimate of drug-likeness (QED) is 0.838. The van der Waals surface area contributed by atoms with Crippen LogP contribution in [0.1, 0.15) is 46.1 Å². The Morgan fingerprint density at radius 3 is 2.22 bits per heavy atom. The van der Waals surface area contributed by atoms with E-state index in [1.54, 1.807) is 4.90 Å². The molecule has 1 fully saturated rings. The summed E-state index contributed by atoms with van der Waals surface area (Å²) in [6, 6.07) is 8.86. The Hall–Kier alpha value is -1.71. The maximum absolute atomic E-state index is 12.1. The number of carbonyl (C=O) groups excluding carboxylic acids is 1.